The summed E-state index contributed by atoms with van der Waals surface area (Å²) in [6.07, 6.45) is 1.20. The van der Waals surface area contributed by atoms with Gasteiger partial charge in [0.2, 0.25) is 18.6 Å². The van der Waals surface area contributed by atoms with Crippen molar-refractivity contribution >= 4 is 29.1 Å². The predicted molar refractivity (Wildman–Crippen MR) is 130 cm³/mol. The molecule has 3 N–H and O–H groups in total. The largest absolute Gasteiger partial charge is 0.454 e. The number of hydrogen-bond acceptors (Lipinski definition) is 5. The lowest BCUT2D eigenvalue weighted by atomic mass is 9.89. The van der Waals surface area contributed by atoms with Gasteiger partial charge in [0.1, 0.15) is 0 Å². The van der Waals surface area contributed by atoms with E-state index in [4.69, 9.17) is 9.47 Å². The Morgan fingerprint density at radius 1 is 0.971 bits per heavy atom. The predicted octanol–water partition coefficient (Wildman–Crippen LogP) is 3.88. The van der Waals surface area contributed by atoms with E-state index in [9.17, 15) is 14.4 Å². The number of carbonyl (C=O) groups is 3. The van der Waals surface area contributed by atoms with Gasteiger partial charge in [0.25, 0.3) is 5.91 Å². The zero-order chi connectivity index (χ0) is 24.2. The van der Waals surface area contributed by atoms with Crippen molar-refractivity contribution in [2.24, 2.45) is 5.92 Å². The third-order valence-electron chi connectivity index (χ3n) is 6.17. The van der Waals surface area contributed by atoms with Gasteiger partial charge in [-0.05, 0) is 54.3 Å². The summed E-state index contributed by atoms with van der Waals surface area (Å²) in [5.41, 5.74) is 3.57. The van der Waals surface area contributed by atoms with Crippen LogP contribution >= 0.6 is 0 Å². The molecule has 2 aliphatic heterocycles. The second-order valence-corrected chi connectivity index (χ2v) is 8.55. The third kappa shape index (κ3) is 5.11. The normalized spacial score (nSPS) is 15.7. The lowest BCUT2D eigenvalue weighted by Gasteiger charge is -2.24. The molecule has 5 rings (SSSR count). The highest BCUT2D eigenvalue weighted by molar-refractivity contribution is 6.04. The molecular formula is C27H25N3O5. The molecule has 3 aromatic carbocycles. The van der Waals surface area contributed by atoms with Crippen LogP contribution in [0.1, 0.15) is 34.3 Å². The number of ether oxygens (including phenoxy) is 2. The second-order valence-electron chi connectivity index (χ2n) is 8.55. The Bertz CT molecular complexity index is 1290. The summed E-state index contributed by atoms with van der Waals surface area (Å²) in [4.78, 5) is 37.9. The first-order valence-electron chi connectivity index (χ1n) is 11.5. The Morgan fingerprint density at radius 3 is 2.69 bits per heavy atom. The van der Waals surface area contributed by atoms with Crippen molar-refractivity contribution in [1.29, 1.82) is 0 Å². The van der Waals surface area contributed by atoms with Crippen molar-refractivity contribution in [2.45, 2.75) is 25.8 Å². The maximum atomic E-state index is 12.8. The fourth-order valence-corrected chi connectivity index (χ4v) is 4.28. The monoisotopic (exact) mass is 471 g/mol. The maximum absolute atomic E-state index is 12.8. The average Bonchev–Trinajstić information content (AvgIpc) is 3.34. The van der Waals surface area contributed by atoms with Gasteiger partial charge < -0.3 is 25.4 Å². The molecule has 0 fully saturated rings. The molecule has 0 aliphatic carbocycles. The van der Waals surface area contributed by atoms with E-state index in [0.717, 1.165) is 16.8 Å². The number of fused-ring (bicyclic) bond motifs is 2. The summed E-state index contributed by atoms with van der Waals surface area (Å²) in [5.74, 6) is 0.452. The molecule has 3 aromatic rings. The summed E-state index contributed by atoms with van der Waals surface area (Å²) in [7, 11) is 0. The van der Waals surface area contributed by atoms with Gasteiger partial charge in [0.15, 0.2) is 11.5 Å². The van der Waals surface area contributed by atoms with Gasteiger partial charge in [-0.25, -0.2) is 0 Å². The highest BCUT2D eigenvalue weighted by atomic mass is 16.7. The van der Waals surface area contributed by atoms with Crippen molar-refractivity contribution in [1.82, 2.24) is 5.32 Å². The molecule has 0 aromatic heterocycles. The Hall–Kier alpha value is -4.33. The van der Waals surface area contributed by atoms with Crippen LogP contribution in [0.3, 0.4) is 0 Å². The standard InChI is InChI=1S/C27H25N3O5/c31-25(12-10-19-14-18-5-1-3-7-21(18)30-26(19)32)29-22-8-4-2-6-20(22)27(33)28-15-17-9-11-23-24(13-17)35-16-34-23/h1-9,11,13,19H,10,12,14-16H2,(H,28,33)(H,29,31)(H,30,32). The topological polar surface area (TPSA) is 106 Å². The molecule has 1 atom stereocenters. The number of nitrogens with one attached hydrogen (secondary N) is 3. The van der Waals surface area contributed by atoms with E-state index in [-0.39, 0.29) is 36.9 Å². The lowest BCUT2D eigenvalue weighted by molar-refractivity contribution is -0.121. The van der Waals surface area contributed by atoms with E-state index in [1.54, 1.807) is 24.3 Å². The minimum atomic E-state index is -0.304. The van der Waals surface area contributed by atoms with Crippen LogP contribution in [-0.2, 0) is 22.6 Å². The maximum Gasteiger partial charge on any atom is 0.253 e. The molecule has 3 amide bonds. The Balaban J connectivity index is 1.17. The molecule has 178 valence electrons. The van der Waals surface area contributed by atoms with Crippen LogP contribution in [0.25, 0.3) is 0 Å². The molecule has 0 radical (unpaired) electrons. The van der Waals surface area contributed by atoms with Gasteiger partial charge in [-0.1, -0.05) is 36.4 Å². The molecule has 0 spiro atoms. The lowest BCUT2D eigenvalue weighted by Crippen LogP contribution is -2.30. The minimum Gasteiger partial charge on any atom is -0.454 e. The van der Waals surface area contributed by atoms with Crippen molar-refractivity contribution in [3.8, 4) is 11.5 Å². The van der Waals surface area contributed by atoms with Crippen LogP contribution < -0.4 is 25.4 Å². The van der Waals surface area contributed by atoms with Crippen molar-refractivity contribution < 1.29 is 23.9 Å². The number of benzene rings is 3. The quantitative estimate of drug-likeness (QED) is 0.485. The van der Waals surface area contributed by atoms with E-state index in [1.807, 2.05) is 42.5 Å². The molecule has 2 aliphatic rings. The molecule has 0 saturated heterocycles. The first kappa shape index (κ1) is 22.5. The number of hydrogen-bond donors (Lipinski definition) is 3. The van der Waals surface area contributed by atoms with E-state index < -0.39 is 0 Å². The molecule has 8 nitrogen and oxygen atoms in total. The zero-order valence-electron chi connectivity index (χ0n) is 19.0. The first-order valence-corrected chi connectivity index (χ1v) is 11.5. The Morgan fingerprint density at radius 2 is 1.77 bits per heavy atom. The van der Waals surface area contributed by atoms with Gasteiger partial charge in [-0.3, -0.25) is 14.4 Å². The van der Waals surface area contributed by atoms with Crippen LogP contribution in [0, 0.1) is 5.92 Å². The Labute approximate surface area is 202 Å². The van der Waals surface area contributed by atoms with E-state index in [0.29, 0.717) is 42.1 Å². The molecule has 0 saturated carbocycles. The molecule has 8 heteroatoms. The van der Waals surface area contributed by atoms with E-state index in [1.165, 1.54) is 0 Å². The van der Waals surface area contributed by atoms with Gasteiger partial charge in [0.05, 0.1) is 11.3 Å². The van der Waals surface area contributed by atoms with Crippen LogP contribution in [-0.4, -0.2) is 24.5 Å². The Kier molecular flexibility index (Phi) is 6.34. The number of rotatable bonds is 7. The van der Waals surface area contributed by atoms with Crippen LogP contribution in [0.2, 0.25) is 0 Å². The summed E-state index contributed by atoms with van der Waals surface area (Å²) in [5, 5.41) is 8.62. The van der Waals surface area contributed by atoms with Crippen molar-refractivity contribution in [3.05, 3.63) is 83.4 Å². The number of para-hydroxylation sites is 2. The summed E-state index contributed by atoms with van der Waals surface area (Å²) in [6.45, 7) is 0.493. The fraction of sp³-hybridized carbons (Fsp3) is 0.222. The molecular weight excluding hydrogens is 446 g/mol. The highest BCUT2D eigenvalue weighted by Crippen LogP contribution is 2.32. The fourth-order valence-electron chi connectivity index (χ4n) is 4.28. The number of carbonyl (C=O) groups excluding carboxylic acids is 3. The highest BCUT2D eigenvalue weighted by Gasteiger charge is 2.26. The van der Waals surface area contributed by atoms with Crippen LogP contribution in [0.5, 0.6) is 11.5 Å². The average molecular weight is 472 g/mol. The summed E-state index contributed by atoms with van der Waals surface area (Å²) in [6, 6.07) is 20.0. The van der Waals surface area contributed by atoms with Crippen LogP contribution in [0.15, 0.2) is 66.7 Å². The summed E-state index contributed by atoms with van der Waals surface area (Å²) < 4.78 is 10.7. The van der Waals surface area contributed by atoms with Crippen molar-refractivity contribution in [3.63, 3.8) is 0 Å². The van der Waals surface area contributed by atoms with E-state index >= 15 is 0 Å². The van der Waals surface area contributed by atoms with Gasteiger partial charge in [-0.2, -0.15) is 0 Å². The van der Waals surface area contributed by atoms with Gasteiger partial charge >= 0.3 is 0 Å². The third-order valence-corrected chi connectivity index (χ3v) is 6.17. The van der Waals surface area contributed by atoms with Crippen LogP contribution in [0.4, 0.5) is 11.4 Å². The number of amides is 3. The number of anilines is 2. The van der Waals surface area contributed by atoms with Crippen molar-refractivity contribution in [2.75, 3.05) is 17.4 Å². The second kappa shape index (κ2) is 9.89. The molecule has 1 unspecified atom stereocenters. The van der Waals surface area contributed by atoms with Gasteiger partial charge in [0, 0.05) is 24.6 Å². The minimum absolute atomic E-state index is 0.0696. The molecule has 0 bridgehead atoms. The van der Waals surface area contributed by atoms with E-state index in [2.05, 4.69) is 16.0 Å². The molecule has 2 heterocycles. The van der Waals surface area contributed by atoms with Gasteiger partial charge in [-0.15, -0.1) is 0 Å². The smallest absolute Gasteiger partial charge is 0.253 e. The molecule has 35 heavy (non-hydrogen) atoms. The SMILES string of the molecule is O=C(CCC1Cc2ccccc2NC1=O)Nc1ccccc1C(=O)NCc1ccc2c(c1)OCO2. The first-order chi connectivity index (χ1) is 17.1. The summed E-state index contributed by atoms with van der Waals surface area (Å²) >= 11 is 0. The zero-order valence-corrected chi connectivity index (χ0v) is 19.0.